The van der Waals surface area contributed by atoms with Crippen molar-refractivity contribution in [3.05, 3.63) is 76.6 Å². The van der Waals surface area contributed by atoms with Gasteiger partial charge in [0.25, 0.3) is 5.91 Å². The number of hydrogen-bond acceptors (Lipinski definition) is 3. The van der Waals surface area contributed by atoms with Gasteiger partial charge in [-0.05, 0) is 30.2 Å². The summed E-state index contributed by atoms with van der Waals surface area (Å²) in [7, 11) is 0. The van der Waals surface area contributed by atoms with Crippen molar-refractivity contribution in [2.24, 2.45) is 5.92 Å². The van der Waals surface area contributed by atoms with E-state index in [-0.39, 0.29) is 17.0 Å². The molecule has 4 nitrogen and oxygen atoms in total. The molecule has 0 fully saturated rings. The smallest absolute Gasteiger partial charge is 0.294 e. The molecule has 0 aliphatic carbocycles. The van der Waals surface area contributed by atoms with E-state index in [4.69, 9.17) is 0 Å². The first-order chi connectivity index (χ1) is 12.7. The number of anilines is 1. The van der Waals surface area contributed by atoms with E-state index < -0.39 is 35.3 Å². The maximum absolute atomic E-state index is 13.8. The third kappa shape index (κ3) is 3.12. The first kappa shape index (κ1) is 18.8. The van der Waals surface area contributed by atoms with Crippen LogP contribution in [-0.2, 0) is 9.59 Å². The molecule has 0 spiro atoms. The van der Waals surface area contributed by atoms with Crippen molar-refractivity contribution in [1.82, 2.24) is 0 Å². The number of nitrogens with zero attached hydrogens (tertiary/aromatic N) is 1. The second kappa shape index (κ2) is 6.95. The topological polar surface area (TPSA) is 57.6 Å². The predicted molar refractivity (Wildman–Crippen MR) is 97.3 cm³/mol. The SMILES string of the molecule is Cc1ccccc1C1C(C(=O)C(C)C)=C(O)C(=O)N1c1ccc(F)c(F)c1. The lowest BCUT2D eigenvalue weighted by Gasteiger charge is -2.28. The Balaban J connectivity index is 2.24. The standard InChI is InChI=1S/C21H19F2NO3/c1-11(2)19(25)17-18(14-7-5-4-6-12(14)3)24(21(27)20(17)26)13-8-9-15(22)16(23)10-13/h4-11,18,26H,1-3H3. The van der Waals surface area contributed by atoms with Crippen molar-refractivity contribution in [3.8, 4) is 0 Å². The van der Waals surface area contributed by atoms with E-state index in [1.165, 1.54) is 6.07 Å². The second-order valence-corrected chi connectivity index (χ2v) is 6.81. The minimum atomic E-state index is -1.12. The number of carbonyl (C=O) groups excluding carboxylic acids is 2. The maximum Gasteiger partial charge on any atom is 0.294 e. The van der Waals surface area contributed by atoms with Crippen LogP contribution in [0.1, 0.15) is 31.0 Å². The van der Waals surface area contributed by atoms with Gasteiger partial charge in [-0.3, -0.25) is 14.5 Å². The van der Waals surface area contributed by atoms with Crippen molar-refractivity contribution in [1.29, 1.82) is 0 Å². The van der Waals surface area contributed by atoms with E-state index in [1.807, 2.05) is 19.1 Å². The normalized spacial score (nSPS) is 17.2. The molecule has 0 saturated heterocycles. The van der Waals surface area contributed by atoms with Crippen LogP contribution >= 0.6 is 0 Å². The van der Waals surface area contributed by atoms with E-state index in [0.717, 1.165) is 22.6 Å². The van der Waals surface area contributed by atoms with Crippen molar-refractivity contribution in [2.45, 2.75) is 26.8 Å². The van der Waals surface area contributed by atoms with Crippen molar-refractivity contribution in [2.75, 3.05) is 4.90 Å². The van der Waals surface area contributed by atoms with Gasteiger partial charge in [0.2, 0.25) is 0 Å². The summed E-state index contributed by atoms with van der Waals surface area (Å²) in [5.74, 6) is -4.48. The molecule has 27 heavy (non-hydrogen) atoms. The van der Waals surface area contributed by atoms with Gasteiger partial charge in [0.1, 0.15) is 0 Å². The summed E-state index contributed by atoms with van der Waals surface area (Å²) in [6, 6.07) is 9.24. The molecule has 0 bridgehead atoms. The Morgan fingerprint density at radius 1 is 1.11 bits per heavy atom. The molecule has 1 unspecified atom stereocenters. The van der Waals surface area contributed by atoms with Gasteiger partial charge in [-0.1, -0.05) is 38.1 Å². The molecule has 0 aromatic heterocycles. The Labute approximate surface area is 155 Å². The molecule has 1 aliphatic rings. The van der Waals surface area contributed by atoms with Crippen LogP contribution in [0.2, 0.25) is 0 Å². The molecule has 1 atom stereocenters. The molecule has 1 heterocycles. The molecule has 140 valence electrons. The lowest BCUT2D eigenvalue weighted by atomic mass is 9.89. The molecule has 6 heteroatoms. The second-order valence-electron chi connectivity index (χ2n) is 6.81. The van der Waals surface area contributed by atoms with Crippen LogP contribution in [0.4, 0.5) is 14.5 Å². The summed E-state index contributed by atoms with van der Waals surface area (Å²) in [5, 5.41) is 10.5. The summed E-state index contributed by atoms with van der Waals surface area (Å²) < 4.78 is 27.2. The van der Waals surface area contributed by atoms with Gasteiger partial charge in [-0.15, -0.1) is 0 Å². The minimum Gasteiger partial charge on any atom is -0.503 e. The van der Waals surface area contributed by atoms with Crippen LogP contribution in [0.3, 0.4) is 0 Å². The van der Waals surface area contributed by atoms with E-state index in [9.17, 15) is 23.5 Å². The number of Topliss-reactive ketones (excluding diaryl/α,β-unsaturated/α-hetero) is 1. The Morgan fingerprint density at radius 3 is 2.37 bits per heavy atom. The fourth-order valence-corrected chi connectivity index (χ4v) is 3.26. The van der Waals surface area contributed by atoms with Crippen LogP contribution in [0.15, 0.2) is 53.8 Å². The molecular formula is C21H19F2NO3. The zero-order chi connectivity index (χ0) is 19.9. The van der Waals surface area contributed by atoms with Gasteiger partial charge in [0.05, 0.1) is 11.6 Å². The first-order valence-electron chi connectivity index (χ1n) is 8.55. The van der Waals surface area contributed by atoms with Crippen LogP contribution in [0.25, 0.3) is 0 Å². The Morgan fingerprint density at radius 2 is 1.78 bits per heavy atom. The molecule has 2 aromatic rings. The van der Waals surface area contributed by atoms with E-state index in [2.05, 4.69) is 0 Å². The van der Waals surface area contributed by atoms with E-state index >= 15 is 0 Å². The van der Waals surface area contributed by atoms with Crippen LogP contribution in [0.5, 0.6) is 0 Å². The van der Waals surface area contributed by atoms with Crippen molar-refractivity contribution >= 4 is 17.4 Å². The Bertz CT molecular complexity index is 966. The highest BCUT2D eigenvalue weighted by atomic mass is 19.2. The average Bonchev–Trinajstić information content (AvgIpc) is 2.88. The monoisotopic (exact) mass is 371 g/mol. The van der Waals surface area contributed by atoms with Crippen molar-refractivity contribution in [3.63, 3.8) is 0 Å². The molecule has 0 radical (unpaired) electrons. The van der Waals surface area contributed by atoms with Crippen LogP contribution < -0.4 is 4.90 Å². The zero-order valence-electron chi connectivity index (χ0n) is 15.2. The average molecular weight is 371 g/mol. The third-order valence-electron chi connectivity index (χ3n) is 4.66. The van der Waals surface area contributed by atoms with Gasteiger partial charge in [0.15, 0.2) is 23.2 Å². The summed E-state index contributed by atoms with van der Waals surface area (Å²) in [6.07, 6.45) is 0. The molecule has 3 rings (SSSR count). The number of halogens is 2. The number of amides is 1. The highest BCUT2D eigenvalue weighted by Crippen LogP contribution is 2.42. The summed E-state index contributed by atoms with van der Waals surface area (Å²) >= 11 is 0. The quantitative estimate of drug-likeness (QED) is 0.867. The summed E-state index contributed by atoms with van der Waals surface area (Å²) in [5.41, 5.74) is 1.45. The largest absolute Gasteiger partial charge is 0.503 e. The molecule has 0 saturated carbocycles. The van der Waals surface area contributed by atoms with Crippen LogP contribution in [0, 0.1) is 24.5 Å². The number of hydrogen-bond donors (Lipinski definition) is 1. The highest BCUT2D eigenvalue weighted by Gasteiger charge is 2.45. The van der Waals surface area contributed by atoms with Gasteiger partial charge in [-0.25, -0.2) is 8.78 Å². The zero-order valence-corrected chi connectivity index (χ0v) is 15.2. The number of ketones is 1. The lowest BCUT2D eigenvalue weighted by Crippen LogP contribution is -2.32. The Hall–Kier alpha value is -3.02. The van der Waals surface area contributed by atoms with Gasteiger partial charge in [0, 0.05) is 17.7 Å². The van der Waals surface area contributed by atoms with Gasteiger partial charge >= 0.3 is 0 Å². The number of aliphatic hydroxyl groups is 1. The van der Waals surface area contributed by atoms with Crippen molar-refractivity contribution < 1.29 is 23.5 Å². The molecule has 1 N–H and O–H groups in total. The summed E-state index contributed by atoms with van der Waals surface area (Å²) in [4.78, 5) is 26.7. The predicted octanol–water partition coefficient (Wildman–Crippen LogP) is 4.40. The summed E-state index contributed by atoms with van der Waals surface area (Å²) in [6.45, 7) is 5.15. The number of aryl methyl sites for hydroxylation is 1. The third-order valence-corrected chi connectivity index (χ3v) is 4.66. The minimum absolute atomic E-state index is 0.0333. The lowest BCUT2D eigenvalue weighted by molar-refractivity contribution is -0.119. The molecular weight excluding hydrogens is 352 g/mol. The maximum atomic E-state index is 13.8. The fraction of sp³-hybridized carbons (Fsp3) is 0.238. The number of rotatable bonds is 4. The van der Waals surface area contributed by atoms with Gasteiger partial charge < -0.3 is 5.11 Å². The number of carbonyl (C=O) groups is 2. The van der Waals surface area contributed by atoms with Gasteiger partial charge in [-0.2, -0.15) is 0 Å². The van der Waals surface area contributed by atoms with Crippen LogP contribution in [-0.4, -0.2) is 16.8 Å². The molecule has 2 aromatic carbocycles. The fourth-order valence-electron chi connectivity index (χ4n) is 3.26. The highest BCUT2D eigenvalue weighted by molar-refractivity contribution is 6.16. The number of benzene rings is 2. The van der Waals surface area contributed by atoms with E-state index in [0.29, 0.717) is 5.56 Å². The number of aliphatic hydroxyl groups excluding tert-OH is 1. The van der Waals surface area contributed by atoms with E-state index in [1.54, 1.807) is 26.0 Å². The molecule has 1 amide bonds. The first-order valence-corrected chi connectivity index (χ1v) is 8.55. The Kier molecular flexibility index (Phi) is 4.83. The molecule has 1 aliphatic heterocycles.